The molecule has 3 heteroatoms. The van der Waals surface area contributed by atoms with Gasteiger partial charge in [-0.3, -0.25) is 4.79 Å². The van der Waals surface area contributed by atoms with E-state index in [4.69, 9.17) is 5.11 Å². The number of rotatable bonds is 12. The van der Waals surface area contributed by atoms with Gasteiger partial charge in [0.1, 0.15) is 0 Å². The third-order valence-electron chi connectivity index (χ3n) is 2.99. The molecule has 0 spiro atoms. The van der Waals surface area contributed by atoms with Gasteiger partial charge in [-0.25, -0.2) is 0 Å². The summed E-state index contributed by atoms with van der Waals surface area (Å²) in [5, 5.41) is 8.46. The van der Waals surface area contributed by atoms with Crippen LogP contribution in [-0.2, 0) is 4.79 Å². The molecule has 0 aliphatic heterocycles. The van der Waals surface area contributed by atoms with Crippen LogP contribution in [0.2, 0.25) is 0 Å². The molecule has 0 atom stereocenters. The third kappa shape index (κ3) is 19.0. The van der Waals surface area contributed by atoms with Crippen molar-refractivity contribution in [2.75, 3.05) is 0 Å². The van der Waals surface area contributed by atoms with E-state index >= 15 is 0 Å². The predicted molar refractivity (Wildman–Crippen MR) is 69.8 cm³/mol. The van der Waals surface area contributed by atoms with Crippen molar-refractivity contribution in [3.8, 4) is 0 Å². The van der Waals surface area contributed by atoms with Crippen LogP contribution in [-0.4, -0.2) is 11.1 Å². The van der Waals surface area contributed by atoms with Gasteiger partial charge in [-0.2, -0.15) is 0 Å². The average molecular weight is 252 g/mol. The van der Waals surface area contributed by atoms with Crippen LogP contribution < -0.4 is 29.6 Å². The van der Waals surface area contributed by atoms with Crippen molar-refractivity contribution < 1.29 is 40.9 Å². The Morgan fingerprint density at radius 1 is 0.824 bits per heavy atom. The molecule has 0 saturated carbocycles. The minimum Gasteiger partial charge on any atom is -1.00 e. The van der Waals surface area contributed by atoms with E-state index in [1.807, 2.05) is 0 Å². The maximum atomic E-state index is 10.3. The fourth-order valence-electron chi connectivity index (χ4n) is 1.94. The van der Waals surface area contributed by atoms with Crippen molar-refractivity contribution in [2.24, 2.45) is 0 Å². The molecular formula is C14H29NaO2. The van der Waals surface area contributed by atoms with E-state index in [0.717, 1.165) is 12.8 Å². The Bertz CT molecular complexity index is 166. The fourth-order valence-corrected chi connectivity index (χ4v) is 1.94. The van der Waals surface area contributed by atoms with Crippen molar-refractivity contribution in [3.05, 3.63) is 0 Å². The fraction of sp³-hybridized carbons (Fsp3) is 0.929. The Morgan fingerprint density at radius 3 is 1.53 bits per heavy atom. The zero-order valence-corrected chi connectivity index (χ0v) is 13.8. The first-order valence-corrected chi connectivity index (χ1v) is 6.99. The zero-order valence-electron chi connectivity index (χ0n) is 12.8. The molecule has 0 bridgehead atoms. The zero-order chi connectivity index (χ0) is 12.1. The Kier molecular flexibility index (Phi) is 19.2. The number of hydrogen-bond acceptors (Lipinski definition) is 1. The van der Waals surface area contributed by atoms with E-state index in [2.05, 4.69) is 6.92 Å². The maximum absolute atomic E-state index is 10.3. The average Bonchev–Trinajstić information content (AvgIpc) is 2.25. The molecule has 0 saturated heterocycles. The van der Waals surface area contributed by atoms with Gasteiger partial charge in [0.05, 0.1) is 0 Å². The Morgan fingerprint density at radius 2 is 1.18 bits per heavy atom. The quantitative estimate of drug-likeness (QED) is 0.425. The molecule has 1 N–H and O–H groups in total. The Hall–Kier alpha value is 0.470. The summed E-state index contributed by atoms with van der Waals surface area (Å²) in [5.74, 6) is -0.657. The Labute approximate surface area is 130 Å². The van der Waals surface area contributed by atoms with E-state index < -0.39 is 5.97 Å². The first kappa shape index (κ1) is 19.8. The SMILES string of the molecule is CCCCCCCCCCCCCC(=O)O.[H-].[Na+]. The summed E-state index contributed by atoms with van der Waals surface area (Å²) in [4.78, 5) is 10.3. The van der Waals surface area contributed by atoms with E-state index in [-0.39, 0.29) is 31.0 Å². The summed E-state index contributed by atoms with van der Waals surface area (Å²) in [6.07, 6.45) is 14.4. The van der Waals surface area contributed by atoms with Crippen LogP contribution in [0.25, 0.3) is 0 Å². The van der Waals surface area contributed by atoms with Crippen molar-refractivity contribution in [3.63, 3.8) is 0 Å². The van der Waals surface area contributed by atoms with Gasteiger partial charge in [0.15, 0.2) is 0 Å². The summed E-state index contributed by atoms with van der Waals surface area (Å²) in [7, 11) is 0. The van der Waals surface area contributed by atoms with Gasteiger partial charge in [0, 0.05) is 6.42 Å². The van der Waals surface area contributed by atoms with Crippen molar-refractivity contribution in [1.82, 2.24) is 0 Å². The molecule has 0 amide bonds. The summed E-state index contributed by atoms with van der Waals surface area (Å²) >= 11 is 0. The first-order chi connectivity index (χ1) is 7.77. The van der Waals surface area contributed by atoms with E-state index in [1.165, 1.54) is 57.8 Å². The molecule has 0 unspecified atom stereocenters. The summed E-state index contributed by atoms with van der Waals surface area (Å²) in [6, 6.07) is 0. The first-order valence-electron chi connectivity index (χ1n) is 6.99. The van der Waals surface area contributed by atoms with Crippen LogP contribution in [0.15, 0.2) is 0 Å². The third-order valence-corrected chi connectivity index (χ3v) is 2.99. The van der Waals surface area contributed by atoms with Gasteiger partial charge >= 0.3 is 35.5 Å². The second kappa shape index (κ2) is 16.5. The molecule has 0 aromatic carbocycles. The van der Waals surface area contributed by atoms with Gasteiger partial charge in [-0.15, -0.1) is 0 Å². The molecule has 0 aliphatic rings. The molecule has 0 aromatic heterocycles. The van der Waals surface area contributed by atoms with Crippen LogP contribution >= 0.6 is 0 Å². The molecule has 17 heavy (non-hydrogen) atoms. The summed E-state index contributed by atoms with van der Waals surface area (Å²) in [5.41, 5.74) is 0. The molecular weight excluding hydrogens is 223 g/mol. The number of aliphatic carboxylic acids is 1. The van der Waals surface area contributed by atoms with E-state index in [1.54, 1.807) is 0 Å². The van der Waals surface area contributed by atoms with Crippen molar-refractivity contribution in [1.29, 1.82) is 0 Å². The number of carboxylic acids is 1. The van der Waals surface area contributed by atoms with Gasteiger partial charge in [0.25, 0.3) is 0 Å². The second-order valence-corrected chi connectivity index (χ2v) is 4.68. The van der Waals surface area contributed by atoms with E-state index in [0.29, 0.717) is 6.42 Å². The van der Waals surface area contributed by atoms with Crippen LogP contribution in [0.1, 0.15) is 85.4 Å². The van der Waals surface area contributed by atoms with Crippen LogP contribution in [0.5, 0.6) is 0 Å². The standard InChI is InChI=1S/C14H28O2.Na.H/c1-2-3-4-5-6-7-8-9-10-11-12-13-14(15)16;;/h2-13H2,1H3,(H,15,16);;/q;+1;-1. The summed E-state index contributed by atoms with van der Waals surface area (Å²) in [6.45, 7) is 2.25. The smallest absolute Gasteiger partial charge is 1.00 e. The second-order valence-electron chi connectivity index (χ2n) is 4.68. The summed E-state index contributed by atoms with van der Waals surface area (Å²) < 4.78 is 0. The molecule has 0 rings (SSSR count). The molecule has 2 nitrogen and oxygen atoms in total. The number of unbranched alkanes of at least 4 members (excludes halogenated alkanes) is 10. The van der Waals surface area contributed by atoms with Gasteiger partial charge < -0.3 is 6.53 Å². The van der Waals surface area contributed by atoms with Crippen molar-refractivity contribution in [2.45, 2.75) is 84.0 Å². The minimum absolute atomic E-state index is 0. The molecule has 0 aromatic rings. The van der Waals surface area contributed by atoms with E-state index in [9.17, 15) is 4.79 Å². The van der Waals surface area contributed by atoms with Crippen molar-refractivity contribution >= 4 is 5.97 Å². The molecule has 0 heterocycles. The largest absolute Gasteiger partial charge is 1.00 e. The van der Waals surface area contributed by atoms with Crippen LogP contribution in [0.4, 0.5) is 0 Å². The molecule has 98 valence electrons. The van der Waals surface area contributed by atoms with Gasteiger partial charge in [0.2, 0.25) is 0 Å². The molecule has 0 fully saturated rings. The van der Waals surface area contributed by atoms with Crippen LogP contribution in [0.3, 0.4) is 0 Å². The monoisotopic (exact) mass is 252 g/mol. The number of carbonyl (C=O) groups is 1. The molecule has 0 radical (unpaired) electrons. The Balaban J connectivity index is -0.00000112. The van der Waals surface area contributed by atoms with Crippen LogP contribution in [0, 0.1) is 0 Å². The molecule has 0 aliphatic carbocycles. The van der Waals surface area contributed by atoms with Gasteiger partial charge in [-0.05, 0) is 6.42 Å². The predicted octanol–water partition coefficient (Wildman–Crippen LogP) is 1.89. The topological polar surface area (TPSA) is 37.3 Å². The number of carboxylic acid groups (broad SMARTS) is 1. The van der Waals surface area contributed by atoms with Gasteiger partial charge in [-0.1, -0.05) is 71.1 Å². The number of hydrogen-bond donors (Lipinski definition) is 1. The maximum Gasteiger partial charge on any atom is 1.00 e. The minimum atomic E-state index is -0.657. The normalized spacial score (nSPS) is 9.94.